The standard InChI is InChI=1S/C20H24N6O.ClH/c1-14-19(15(2)26(23-14)16-7-4-3-5-8-16)22-20(27)18-10-12-25(24-18)17-9-6-11-21-13-17;/h3-5,7-8,10,12,17,21H,6,9,11,13H2,1-2H3,(H,22,27);1H. The van der Waals surface area contributed by atoms with Crippen LogP contribution in [0.3, 0.4) is 0 Å². The van der Waals surface area contributed by atoms with E-state index in [0.29, 0.717) is 11.7 Å². The van der Waals surface area contributed by atoms with Crippen molar-refractivity contribution >= 4 is 24.0 Å². The highest BCUT2D eigenvalue weighted by Crippen LogP contribution is 2.23. The number of para-hydroxylation sites is 1. The van der Waals surface area contributed by atoms with Gasteiger partial charge >= 0.3 is 0 Å². The van der Waals surface area contributed by atoms with Crippen molar-refractivity contribution in [1.29, 1.82) is 0 Å². The smallest absolute Gasteiger partial charge is 0.276 e. The highest BCUT2D eigenvalue weighted by Gasteiger charge is 2.20. The van der Waals surface area contributed by atoms with Crippen molar-refractivity contribution in [1.82, 2.24) is 24.9 Å². The van der Waals surface area contributed by atoms with Crippen molar-refractivity contribution in [2.75, 3.05) is 18.4 Å². The summed E-state index contributed by atoms with van der Waals surface area (Å²) >= 11 is 0. The number of aryl methyl sites for hydroxylation is 1. The van der Waals surface area contributed by atoms with E-state index in [2.05, 4.69) is 20.8 Å². The zero-order valence-electron chi connectivity index (χ0n) is 16.1. The van der Waals surface area contributed by atoms with Crippen molar-refractivity contribution < 1.29 is 4.79 Å². The molecule has 4 rings (SSSR count). The van der Waals surface area contributed by atoms with Gasteiger partial charge in [-0.15, -0.1) is 12.4 Å². The van der Waals surface area contributed by atoms with Crippen LogP contribution in [0.4, 0.5) is 5.69 Å². The first-order chi connectivity index (χ1) is 13.1. The monoisotopic (exact) mass is 400 g/mol. The molecule has 1 amide bonds. The molecule has 148 valence electrons. The number of carbonyl (C=O) groups is 1. The molecule has 8 heteroatoms. The highest BCUT2D eigenvalue weighted by atomic mass is 35.5. The zero-order chi connectivity index (χ0) is 18.8. The first-order valence-electron chi connectivity index (χ1n) is 9.32. The van der Waals surface area contributed by atoms with Gasteiger partial charge < -0.3 is 10.6 Å². The lowest BCUT2D eigenvalue weighted by Crippen LogP contribution is -2.32. The summed E-state index contributed by atoms with van der Waals surface area (Å²) in [5, 5.41) is 15.4. The van der Waals surface area contributed by atoms with Crippen LogP contribution in [0.5, 0.6) is 0 Å². The predicted molar refractivity (Wildman–Crippen MR) is 112 cm³/mol. The van der Waals surface area contributed by atoms with Gasteiger partial charge in [0.2, 0.25) is 0 Å². The molecule has 7 nitrogen and oxygen atoms in total. The molecule has 3 aromatic rings. The molecular formula is C20H25ClN6O. The molecule has 2 aromatic heterocycles. The molecule has 1 aliphatic heterocycles. The molecule has 1 fully saturated rings. The fraction of sp³-hybridized carbons (Fsp3) is 0.350. The van der Waals surface area contributed by atoms with E-state index < -0.39 is 0 Å². The number of carbonyl (C=O) groups excluding carboxylic acids is 1. The Bertz CT molecular complexity index is 943. The molecule has 0 aliphatic carbocycles. The van der Waals surface area contributed by atoms with E-state index in [0.717, 1.165) is 48.7 Å². The van der Waals surface area contributed by atoms with Gasteiger partial charge in [0.05, 0.1) is 28.8 Å². The third kappa shape index (κ3) is 3.95. The third-order valence-corrected chi connectivity index (χ3v) is 5.02. The Morgan fingerprint density at radius 3 is 2.68 bits per heavy atom. The molecule has 0 saturated carbocycles. The molecule has 3 heterocycles. The van der Waals surface area contributed by atoms with Gasteiger partial charge in [0.25, 0.3) is 5.91 Å². The molecule has 1 aliphatic rings. The summed E-state index contributed by atoms with van der Waals surface area (Å²) in [6, 6.07) is 12.0. The van der Waals surface area contributed by atoms with Crippen LogP contribution in [0.1, 0.15) is 40.8 Å². The van der Waals surface area contributed by atoms with E-state index in [9.17, 15) is 4.79 Å². The number of nitrogens with one attached hydrogen (secondary N) is 2. The van der Waals surface area contributed by atoms with E-state index in [1.165, 1.54) is 0 Å². The lowest BCUT2D eigenvalue weighted by Gasteiger charge is -2.22. The maximum atomic E-state index is 12.7. The Morgan fingerprint density at radius 1 is 1.18 bits per heavy atom. The lowest BCUT2D eigenvalue weighted by atomic mass is 10.1. The second-order valence-electron chi connectivity index (χ2n) is 6.93. The quantitative estimate of drug-likeness (QED) is 0.704. The number of amides is 1. The molecule has 0 radical (unpaired) electrons. The minimum absolute atomic E-state index is 0. The van der Waals surface area contributed by atoms with Crippen molar-refractivity contribution in [3.05, 3.63) is 59.7 Å². The van der Waals surface area contributed by atoms with Crippen molar-refractivity contribution in [2.24, 2.45) is 0 Å². The summed E-state index contributed by atoms with van der Waals surface area (Å²) in [5.41, 5.74) is 3.79. The molecule has 28 heavy (non-hydrogen) atoms. The van der Waals surface area contributed by atoms with Crippen LogP contribution in [0.15, 0.2) is 42.6 Å². The van der Waals surface area contributed by atoms with E-state index in [1.54, 1.807) is 6.07 Å². The Morgan fingerprint density at radius 2 is 1.96 bits per heavy atom. The largest absolute Gasteiger partial charge is 0.317 e. The summed E-state index contributed by atoms with van der Waals surface area (Å²) in [6.45, 7) is 5.79. The van der Waals surface area contributed by atoms with E-state index >= 15 is 0 Å². The van der Waals surface area contributed by atoms with Gasteiger partial charge in [0, 0.05) is 12.7 Å². The highest BCUT2D eigenvalue weighted by molar-refractivity contribution is 6.03. The lowest BCUT2D eigenvalue weighted by molar-refractivity contribution is 0.102. The fourth-order valence-corrected chi connectivity index (χ4v) is 3.54. The van der Waals surface area contributed by atoms with Crippen molar-refractivity contribution in [2.45, 2.75) is 32.7 Å². The van der Waals surface area contributed by atoms with Gasteiger partial charge in [-0.05, 0) is 51.4 Å². The van der Waals surface area contributed by atoms with E-state index in [-0.39, 0.29) is 18.3 Å². The summed E-state index contributed by atoms with van der Waals surface area (Å²) < 4.78 is 3.74. The molecule has 0 spiro atoms. The zero-order valence-corrected chi connectivity index (χ0v) is 16.9. The van der Waals surface area contributed by atoms with E-state index in [4.69, 9.17) is 0 Å². The number of hydrogen-bond acceptors (Lipinski definition) is 4. The van der Waals surface area contributed by atoms with Crippen LogP contribution in [-0.2, 0) is 0 Å². The minimum Gasteiger partial charge on any atom is -0.317 e. The van der Waals surface area contributed by atoms with Crippen LogP contribution < -0.4 is 10.6 Å². The van der Waals surface area contributed by atoms with Gasteiger partial charge in [-0.1, -0.05) is 18.2 Å². The molecule has 0 bridgehead atoms. The Kier molecular flexibility index (Phi) is 6.16. The third-order valence-electron chi connectivity index (χ3n) is 5.02. The van der Waals surface area contributed by atoms with Crippen molar-refractivity contribution in [3.63, 3.8) is 0 Å². The maximum absolute atomic E-state index is 12.7. The van der Waals surface area contributed by atoms with Gasteiger partial charge in [-0.3, -0.25) is 9.48 Å². The van der Waals surface area contributed by atoms with Crippen LogP contribution in [0.25, 0.3) is 5.69 Å². The number of hydrogen-bond donors (Lipinski definition) is 2. The Labute approximate surface area is 170 Å². The van der Waals surface area contributed by atoms with E-state index in [1.807, 2.05) is 59.7 Å². The number of rotatable bonds is 4. The topological polar surface area (TPSA) is 76.8 Å². The summed E-state index contributed by atoms with van der Waals surface area (Å²) in [5.74, 6) is -0.212. The Balaban J connectivity index is 0.00000225. The number of anilines is 1. The molecule has 2 N–H and O–H groups in total. The second-order valence-corrected chi connectivity index (χ2v) is 6.93. The van der Waals surface area contributed by atoms with Gasteiger partial charge in [-0.2, -0.15) is 10.2 Å². The normalized spacial score (nSPS) is 16.4. The average Bonchev–Trinajstić information content (AvgIpc) is 3.30. The van der Waals surface area contributed by atoms with Crippen LogP contribution >= 0.6 is 12.4 Å². The SMILES string of the molecule is Cc1nn(-c2ccccc2)c(C)c1NC(=O)c1ccn(C2CCCNC2)n1.Cl. The van der Waals surface area contributed by atoms with Crippen LogP contribution in [0.2, 0.25) is 0 Å². The maximum Gasteiger partial charge on any atom is 0.276 e. The van der Waals surface area contributed by atoms with Gasteiger partial charge in [0.1, 0.15) is 0 Å². The number of halogens is 1. The fourth-order valence-electron chi connectivity index (χ4n) is 3.54. The molecule has 1 aromatic carbocycles. The first-order valence-corrected chi connectivity index (χ1v) is 9.32. The first kappa shape index (κ1) is 20.1. The number of nitrogens with zero attached hydrogens (tertiary/aromatic N) is 4. The number of piperidine rings is 1. The molecule has 1 atom stereocenters. The molecule has 1 unspecified atom stereocenters. The van der Waals surface area contributed by atoms with Gasteiger partial charge in [0.15, 0.2) is 5.69 Å². The summed E-state index contributed by atoms with van der Waals surface area (Å²) in [7, 11) is 0. The van der Waals surface area contributed by atoms with Crippen molar-refractivity contribution in [3.8, 4) is 5.69 Å². The number of benzene rings is 1. The average molecular weight is 401 g/mol. The summed E-state index contributed by atoms with van der Waals surface area (Å²) in [6.07, 6.45) is 4.10. The van der Waals surface area contributed by atoms with Crippen LogP contribution in [0, 0.1) is 13.8 Å². The number of aromatic nitrogens is 4. The van der Waals surface area contributed by atoms with Crippen LogP contribution in [-0.4, -0.2) is 38.6 Å². The van der Waals surface area contributed by atoms with Gasteiger partial charge in [-0.25, -0.2) is 4.68 Å². The predicted octanol–water partition coefficient (Wildman–Crippen LogP) is 3.28. The molecular weight excluding hydrogens is 376 g/mol. The second kappa shape index (κ2) is 8.58. The molecule has 1 saturated heterocycles. The minimum atomic E-state index is -0.212. The Hall–Kier alpha value is -2.64. The summed E-state index contributed by atoms with van der Waals surface area (Å²) in [4.78, 5) is 12.7.